The lowest BCUT2D eigenvalue weighted by molar-refractivity contribution is -0.258. The lowest BCUT2D eigenvalue weighted by atomic mass is 9.98. The fraction of sp³-hybridized carbons (Fsp3) is 0.917. The third kappa shape index (κ3) is 4.72. The first-order valence-electron chi connectivity index (χ1n) is 7.19. The van der Waals surface area contributed by atoms with Crippen LogP contribution in [-0.2, 0) is 9.47 Å². The van der Waals surface area contributed by atoms with Gasteiger partial charge in [-0.2, -0.15) is 5.01 Å². The largest absolute Gasteiger partial charge is 0.394 e. The molecule has 0 bridgehead atoms. The predicted octanol–water partition coefficient (Wildman–Crippen LogP) is -1.92. The second kappa shape index (κ2) is 10.0. The van der Waals surface area contributed by atoms with Crippen molar-refractivity contribution >= 4 is 17.6 Å². The Morgan fingerprint density at radius 2 is 1.92 bits per heavy atom. The van der Waals surface area contributed by atoms with Crippen LogP contribution in [-0.4, -0.2) is 106 Å². The van der Waals surface area contributed by atoms with Gasteiger partial charge in [0.2, 0.25) is 0 Å². The molecule has 11 nitrogen and oxygen atoms in total. The van der Waals surface area contributed by atoms with Gasteiger partial charge in [-0.05, 0) is 0 Å². The monoisotopic (exact) mass is 371 g/mol. The molecule has 1 aliphatic heterocycles. The molecular weight excluding hydrogens is 350 g/mol. The number of nitroso groups, excluding NO2 is 1. The van der Waals surface area contributed by atoms with Crippen molar-refractivity contribution in [3.05, 3.63) is 4.91 Å². The molecule has 0 radical (unpaired) electrons. The minimum atomic E-state index is -1.67. The molecule has 0 aromatic carbocycles. The van der Waals surface area contributed by atoms with Crippen LogP contribution in [0.15, 0.2) is 5.29 Å². The molecule has 2 amide bonds. The van der Waals surface area contributed by atoms with E-state index in [1.807, 2.05) is 0 Å². The van der Waals surface area contributed by atoms with E-state index < -0.39 is 43.3 Å². The Morgan fingerprint density at radius 3 is 2.42 bits per heavy atom. The van der Waals surface area contributed by atoms with Crippen molar-refractivity contribution in [1.29, 1.82) is 0 Å². The first kappa shape index (κ1) is 21.0. The number of urea groups is 1. The minimum absolute atomic E-state index is 0.0360. The lowest BCUT2D eigenvalue weighted by Gasteiger charge is -2.44. The van der Waals surface area contributed by atoms with Crippen LogP contribution in [0.3, 0.4) is 0 Å². The van der Waals surface area contributed by atoms with Crippen molar-refractivity contribution in [2.75, 3.05) is 39.3 Å². The number of aliphatic hydroxyl groups is 4. The summed E-state index contributed by atoms with van der Waals surface area (Å²) in [5.41, 5.74) is 0. The zero-order valence-electron chi connectivity index (χ0n) is 13.1. The highest BCUT2D eigenvalue weighted by molar-refractivity contribution is 6.18. The number of halogens is 1. The topological polar surface area (TPSA) is 152 Å². The Hall–Kier alpha value is -1.08. The van der Waals surface area contributed by atoms with Gasteiger partial charge in [0.1, 0.15) is 24.4 Å². The van der Waals surface area contributed by atoms with E-state index in [2.05, 4.69) is 5.29 Å². The SMILES string of the molecule is COCCN(C(=O)N(CCCl)N=O)[C@@H]1O[C@H](CO)[C@@H](O)[C@H](O)[C@@H]1O. The number of nitrogens with zero attached hydrogens (tertiary/aromatic N) is 3. The summed E-state index contributed by atoms with van der Waals surface area (Å²) >= 11 is 5.51. The summed E-state index contributed by atoms with van der Waals surface area (Å²) in [5.74, 6) is -0.0513. The van der Waals surface area contributed by atoms with Gasteiger partial charge in [-0.15, -0.1) is 16.5 Å². The maximum Gasteiger partial charge on any atom is 0.345 e. The first-order valence-corrected chi connectivity index (χ1v) is 7.73. The molecule has 24 heavy (non-hydrogen) atoms. The van der Waals surface area contributed by atoms with Crippen LogP contribution in [0.25, 0.3) is 0 Å². The van der Waals surface area contributed by atoms with Gasteiger partial charge in [0.25, 0.3) is 0 Å². The van der Waals surface area contributed by atoms with E-state index in [4.69, 9.17) is 21.1 Å². The van der Waals surface area contributed by atoms with Crippen LogP contribution in [0, 0.1) is 4.91 Å². The highest BCUT2D eigenvalue weighted by Gasteiger charge is 2.47. The molecule has 1 saturated heterocycles. The number of alkyl halides is 1. The van der Waals surface area contributed by atoms with Crippen molar-refractivity contribution < 1.29 is 34.7 Å². The maximum absolute atomic E-state index is 12.4. The Morgan fingerprint density at radius 1 is 1.25 bits per heavy atom. The third-order valence-corrected chi connectivity index (χ3v) is 3.74. The van der Waals surface area contributed by atoms with E-state index in [1.54, 1.807) is 0 Å². The quantitative estimate of drug-likeness (QED) is 0.219. The fourth-order valence-corrected chi connectivity index (χ4v) is 2.42. The molecule has 1 rings (SSSR count). The van der Waals surface area contributed by atoms with Crippen LogP contribution in [0.4, 0.5) is 4.79 Å². The number of rotatable bonds is 8. The Balaban J connectivity index is 3.04. The van der Waals surface area contributed by atoms with E-state index in [-0.39, 0.29) is 25.6 Å². The molecular formula is C12H22ClN3O8. The fourth-order valence-electron chi connectivity index (χ4n) is 2.26. The Labute approximate surface area is 143 Å². The number of hydrogen-bond donors (Lipinski definition) is 4. The molecule has 4 N–H and O–H groups in total. The van der Waals surface area contributed by atoms with Gasteiger partial charge in [0.05, 0.1) is 25.0 Å². The highest BCUT2D eigenvalue weighted by atomic mass is 35.5. The smallest absolute Gasteiger partial charge is 0.345 e. The Bertz CT molecular complexity index is 416. The molecule has 0 spiro atoms. The van der Waals surface area contributed by atoms with Gasteiger partial charge in [0.15, 0.2) is 6.23 Å². The van der Waals surface area contributed by atoms with E-state index >= 15 is 0 Å². The van der Waals surface area contributed by atoms with Gasteiger partial charge in [-0.1, -0.05) is 0 Å². The summed E-state index contributed by atoms with van der Waals surface area (Å²) in [4.78, 5) is 24.2. The van der Waals surface area contributed by atoms with Crippen molar-refractivity contribution in [2.45, 2.75) is 30.6 Å². The summed E-state index contributed by atoms with van der Waals surface area (Å²) in [7, 11) is 1.38. The average molecular weight is 372 g/mol. The van der Waals surface area contributed by atoms with Gasteiger partial charge < -0.3 is 29.9 Å². The molecule has 1 heterocycles. The molecule has 0 unspecified atom stereocenters. The van der Waals surface area contributed by atoms with Crippen molar-refractivity contribution in [3.8, 4) is 0 Å². The maximum atomic E-state index is 12.4. The molecule has 1 fully saturated rings. The van der Waals surface area contributed by atoms with Crippen molar-refractivity contribution in [3.63, 3.8) is 0 Å². The van der Waals surface area contributed by atoms with Gasteiger partial charge in [-0.25, -0.2) is 4.79 Å². The highest BCUT2D eigenvalue weighted by Crippen LogP contribution is 2.24. The van der Waals surface area contributed by atoms with E-state index in [1.165, 1.54) is 7.11 Å². The van der Waals surface area contributed by atoms with E-state index in [9.17, 15) is 30.1 Å². The second-order valence-electron chi connectivity index (χ2n) is 5.08. The summed E-state index contributed by atoms with van der Waals surface area (Å²) < 4.78 is 10.2. The number of methoxy groups -OCH3 is 1. The second-order valence-corrected chi connectivity index (χ2v) is 5.46. The minimum Gasteiger partial charge on any atom is -0.394 e. The van der Waals surface area contributed by atoms with Crippen LogP contribution in [0.1, 0.15) is 0 Å². The number of ether oxygens (including phenoxy) is 2. The molecule has 12 heteroatoms. The standard InChI is InChI=1S/C12H22ClN3O8/c1-23-5-4-15(12(21)16(14-22)3-2-13)11-10(20)9(19)8(18)7(6-17)24-11/h7-11,17-20H,2-6H2,1H3/t7-,8-,9+,10+,11-/m1/s1. The molecule has 0 aliphatic carbocycles. The zero-order valence-corrected chi connectivity index (χ0v) is 13.8. The number of hydrogen-bond acceptors (Lipinski definition) is 9. The van der Waals surface area contributed by atoms with Crippen molar-refractivity contribution in [2.24, 2.45) is 5.29 Å². The summed E-state index contributed by atoms with van der Waals surface area (Å²) in [6, 6.07) is -0.924. The van der Waals surface area contributed by atoms with Gasteiger partial charge in [0, 0.05) is 19.5 Å². The zero-order chi connectivity index (χ0) is 18.3. The number of carbonyl (C=O) groups excluding carboxylic acids is 1. The van der Waals surface area contributed by atoms with E-state index in [0.29, 0.717) is 5.01 Å². The summed E-state index contributed by atoms with van der Waals surface area (Å²) in [6.07, 6.45) is -7.53. The van der Waals surface area contributed by atoms with Gasteiger partial charge in [-0.3, -0.25) is 4.90 Å². The first-order chi connectivity index (χ1) is 11.4. The number of amides is 2. The van der Waals surface area contributed by atoms with E-state index in [0.717, 1.165) is 4.90 Å². The van der Waals surface area contributed by atoms with Crippen LogP contribution >= 0.6 is 11.6 Å². The lowest BCUT2D eigenvalue weighted by Crippen LogP contribution is -2.65. The molecule has 5 atom stereocenters. The molecule has 140 valence electrons. The molecule has 0 saturated carbocycles. The summed E-state index contributed by atoms with van der Waals surface area (Å²) in [6.45, 7) is -0.892. The predicted molar refractivity (Wildman–Crippen MR) is 81.0 cm³/mol. The molecule has 0 aromatic heterocycles. The third-order valence-electron chi connectivity index (χ3n) is 3.57. The van der Waals surface area contributed by atoms with Crippen LogP contribution in [0.2, 0.25) is 0 Å². The summed E-state index contributed by atoms with van der Waals surface area (Å²) in [5, 5.41) is 42.1. The van der Waals surface area contributed by atoms with Crippen LogP contribution in [0.5, 0.6) is 0 Å². The number of aliphatic hydroxyl groups excluding tert-OH is 4. The molecule has 0 aromatic rings. The normalized spacial score (nSPS) is 30.0. The Kier molecular flexibility index (Phi) is 8.76. The average Bonchev–Trinajstić information content (AvgIpc) is 2.59. The number of carbonyl (C=O) groups is 1. The van der Waals surface area contributed by atoms with Crippen LogP contribution < -0.4 is 0 Å². The van der Waals surface area contributed by atoms with Crippen molar-refractivity contribution in [1.82, 2.24) is 9.91 Å². The molecule has 1 aliphatic rings. The van der Waals surface area contributed by atoms with Gasteiger partial charge >= 0.3 is 6.03 Å².